The van der Waals surface area contributed by atoms with Gasteiger partial charge in [-0.05, 0) is 44.8 Å². The SMILES string of the molecule is CN=C(NCC1(C)CCCS1)NC1CCC1. The Bertz CT molecular complexity index is 255. The maximum atomic E-state index is 4.29. The molecule has 3 nitrogen and oxygen atoms in total. The Balaban J connectivity index is 1.73. The number of rotatable bonds is 3. The molecule has 2 fully saturated rings. The highest BCUT2D eigenvalue weighted by atomic mass is 32.2. The minimum absolute atomic E-state index is 0.414. The van der Waals surface area contributed by atoms with Crippen LogP contribution < -0.4 is 10.6 Å². The summed E-state index contributed by atoms with van der Waals surface area (Å²) in [6.07, 6.45) is 6.64. The van der Waals surface area contributed by atoms with E-state index in [-0.39, 0.29) is 0 Å². The van der Waals surface area contributed by atoms with E-state index in [2.05, 4.69) is 34.3 Å². The van der Waals surface area contributed by atoms with E-state index in [1.807, 2.05) is 7.05 Å². The maximum absolute atomic E-state index is 4.29. The van der Waals surface area contributed by atoms with Crippen molar-refractivity contribution in [2.24, 2.45) is 4.99 Å². The van der Waals surface area contributed by atoms with Gasteiger partial charge in [-0.2, -0.15) is 11.8 Å². The zero-order valence-corrected chi connectivity index (χ0v) is 11.2. The lowest BCUT2D eigenvalue weighted by molar-refractivity contribution is 0.379. The molecule has 1 heterocycles. The Morgan fingerprint density at radius 3 is 2.75 bits per heavy atom. The van der Waals surface area contributed by atoms with Crippen LogP contribution in [-0.4, -0.2) is 36.1 Å². The van der Waals surface area contributed by atoms with Crippen LogP contribution in [0.3, 0.4) is 0 Å². The third-order valence-corrected chi connectivity index (χ3v) is 5.14. The van der Waals surface area contributed by atoms with Crippen LogP contribution in [0.15, 0.2) is 4.99 Å². The van der Waals surface area contributed by atoms with E-state index in [0.717, 1.165) is 12.5 Å². The zero-order valence-electron chi connectivity index (χ0n) is 10.4. The fraction of sp³-hybridized carbons (Fsp3) is 0.917. The van der Waals surface area contributed by atoms with Gasteiger partial charge in [0.15, 0.2) is 5.96 Å². The first kappa shape index (κ1) is 12.1. The molecule has 92 valence electrons. The van der Waals surface area contributed by atoms with Crippen LogP contribution in [0.1, 0.15) is 39.0 Å². The van der Waals surface area contributed by atoms with Gasteiger partial charge in [0.1, 0.15) is 0 Å². The minimum Gasteiger partial charge on any atom is -0.355 e. The molecular formula is C12H23N3S. The van der Waals surface area contributed by atoms with Crippen LogP contribution in [0, 0.1) is 0 Å². The van der Waals surface area contributed by atoms with Gasteiger partial charge in [-0.25, -0.2) is 0 Å². The second kappa shape index (κ2) is 5.30. The van der Waals surface area contributed by atoms with Gasteiger partial charge in [-0.15, -0.1) is 0 Å². The molecule has 0 radical (unpaired) electrons. The fourth-order valence-corrected chi connectivity index (χ4v) is 3.43. The Hall–Kier alpha value is -0.380. The number of nitrogens with one attached hydrogen (secondary N) is 2. The standard InChI is InChI=1S/C12H23N3S/c1-12(7-4-8-16-12)9-14-11(13-2)15-10-5-3-6-10/h10H,3-9H2,1-2H3,(H2,13,14,15). The average molecular weight is 241 g/mol. The molecule has 1 atom stereocenters. The number of guanidine groups is 1. The molecule has 1 aliphatic carbocycles. The monoisotopic (exact) mass is 241 g/mol. The summed E-state index contributed by atoms with van der Waals surface area (Å²) >= 11 is 2.09. The van der Waals surface area contributed by atoms with Crippen molar-refractivity contribution in [3.05, 3.63) is 0 Å². The quantitative estimate of drug-likeness (QED) is 0.586. The Morgan fingerprint density at radius 1 is 1.44 bits per heavy atom. The van der Waals surface area contributed by atoms with Crippen LogP contribution >= 0.6 is 11.8 Å². The number of aliphatic imine (C=N–C) groups is 1. The molecule has 1 aliphatic heterocycles. The summed E-state index contributed by atoms with van der Waals surface area (Å²) in [5, 5.41) is 6.94. The van der Waals surface area contributed by atoms with E-state index >= 15 is 0 Å². The smallest absolute Gasteiger partial charge is 0.191 e. The highest BCUT2D eigenvalue weighted by molar-refractivity contribution is 8.00. The molecule has 0 aromatic heterocycles. The van der Waals surface area contributed by atoms with Crippen LogP contribution in [-0.2, 0) is 0 Å². The van der Waals surface area contributed by atoms with E-state index in [1.54, 1.807) is 0 Å². The number of hydrogen-bond donors (Lipinski definition) is 2. The van der Waals surface area contributed by atoms with Crippen molar-refractivity contribution in [2.75, 3.05) is 19.3 Å². The molecule has 1 saturated heterocycles. The lowest BCUT2D eigenvalue weighted by atomic mass is 9.93. The molecule has 0 spiro atoms. The molecular weight excluding hydrogens is 218 g/mol. The van der Waals surface area contributed by atoms with Crippen molar-refractivity contribution in [1.82, 2.24) is 10.6 Å². The van der Waals surface area contributed by atoms with Crippen molar-refractivity contribution in [3.8, 4) is 0 Å². The van der Waals surface area contributed by atoms with Crippen molar-refractivity contribution in [1.29, 1.82) is 0 Å². The van der Waals surface area contributed by atoms with Gasteiger partial charge >= 0.3 is 0 Å². The predicted octanol–water partition coefficient (Wildman–Crippen LogP) is 1.99. The van der Waals surface area contributed by atoms with Crippen LogP contribution in [0.4, 0.5) is 0 Å². The summed E-state index contributed by atoms with van der Waals surface area (Å²) in [7, 11) is 1.86. The molecule has 1 unspecified atom stereocenters. The van der Waals surface area contributed by atoms with Gasteiger partial charge in [0.25, 0.3) is 0 Å². The number of hydrogen-bond acceptors (Lipinski definition) is 2. The highest BCUT2D eigenvalue weighted by Crippen LogP contribution is 2.36. The summed E-state index contributed by atoms with van der Waals surface area (Å²) in [6, 6.07) is 0.662. The molecule has 0 bridgehead atoms. The maximum Gasteiger partial charge on any atom is 0.191 e. The summed E-state index contributed by atoms with van der Waals surface area (Å²) in [5.41, 5.74) is 0. The summed E-state index contributed by atoms with van der Waals surface area (Å²) < 4.78 is 0.414. The third kappa shape index (κ3) is 3.06. The molecule has 4 heteroatoms. The first-order chi connectivity index (χ1) is 7.72. The molecule has 0 aromatic carbocycles. The Kier molecular flexibility index (Phi) is 4.00. The molecule has 0 amide bonds. The predicted molar refractivity (Wildman–Crippen MR) is 72.2 cm³/mol. The van der Waals surface area contributed by atoms with Crippen LogP contribution in [0.2, 0.25) is 0 Å². The van der Waals surface area contributed by atoms with E-state index < -0.39 is 0 Å². The lowest BCUT2D eigenvalue weighted by Gasteiger charge is -2.30. The summed E-state index contributed by atoms with van der Waals surface area (Å²) in [6.45, 7) is 3.39. The van der Waals surface area contributed by atoms with Crippen LogP contribution in [0.25, 0.3) is 0 Å². The van der Waals surface area contributed by atoms with E-state index in [0.29, 0.717) is 10.8 Å². The average Bonchev–Trinajstić information content (AvgIpc) is 2.63. The van der Waals surface area contributed by atoms with E-state index in [1.165, 1.54) is 37.9 Å². The van der Waals surface area contributed by atoms with Gasteiger partial charge in [-0.1, -0.05) is 0 Å². The van der Waals surface area contributed by atoms with Crippen LogP contribution in [0.5, 0.6) is 0 Å². The highest BCUT2D eigenvalue weighted by Gasteiger charge is 2.29. The van der Waals surface area contributed by atoms with Crippen molar-refractivity contribution in [2.45, 2.75) is 49.8 Å². The first-order valence-corrected chi connectivity index (χ1v) is 7.32. The Morgan fingerprint density at radius 2 is 2.25 bits per heavy atom. The summed E-state index contributed by atoms with van der Waals surface area (Å²) in [4.78, 5) is 4.29. The number of nitrogens with zero attached hydrogens (tertiary/aromatic N) is 1. The van der Waals surface area contributed by atoms with Gasteiger partial charge in [0, 0.05) is 24.4 Å². The molecule has 16 heavy (non-hydrogen) atoms. The second-order valence-corrected chi connectivity index (χ2v) is 6.78. The largest absolute Gasteiger partial charge is 0.355 e. The fourth-order valence-electron chi connectivity index (χ4n) is 2.19. The molecule has 0 aromatic rings. The molecule has 2 aliphatic rings. The van der Waals surface area contributed by atoms with Gasteiger partial charge in [0.05, 0.1) is 0 Å². The number of thioether (sulfide) groups is 1. The zero-order chi connectivity index (χ0) is 11.4. The van der Waals surface area contributed by atoms with Gasteiger partial charge < -0.3 is 10.6 Å². The van der Waals surface area contributed by atoms with Gasteiger partial charge in [-0.3, -0.25) is 4.99 Å². The van der Waals surface area contributed by atoms with Crippen molar-refractivity contribution in [3.63, 3.8) is 0 Å². The second-order valence-electron chi connectivity index (χ2n) is 5.10. The molecule has 2 N–H and O–H groups in total. The lowest BCUT2D eigenvalue weighted by Crippen LogP contribution is -2.49. The third-order valence-electron chi connectivity index (χ3n) is 3.60. The first-order valence-electron chi connectivity index (χ1n) is 6.33. The topological polar surface area (TPSA) is 36.4 Å². The van der Waals surface area contributed by atoms with E-state index in [4.69, 9.17) is 0 Å². The molecule has 1 saturated carbocycles. The normalized spacial score (nSPS) is 31.2. The Labute approximate surface area is 103 Å². The van der Waals surface area contributed by atoms with Gasteiger partial charge in [0.2, 0.25) is 0 Å². The van der Waals surface area contributed by atoms with E-state index in [9.17, 15) is 0 Å². The molecule has 2 rings (SSSR count). The summed E-state index contributed by atoms with van der Waals surface area (Å²) in [5.74, 6) is 2.30. The minimum atomic E-state index is 0.414. The van der Waals surface area contributed by atoms with Crippen molar-refractivity contribution < 1.29 is 0 Å². The van der Waals surface area contributed by atoms with Crippen molar-refractivity contribution >= 4 is 17.7 Å².